The fraction of sp³-hybridized carbons (Fsp3) is 0.389. The average molecular weight is 330 g/mol. The van der Waals surface area contributed by atoms with Crippen LogP contribution in [0.15, 0.2) is 36.9 Å². The maximum atomic E-state index is 12.5. The minimum Gasteiger partial charge on any atom is -0.480 e. The Kier molecular flexibility index (Phi) is 5.73. The lowest BCUT2D eigenvalue weighted by atomic mass is 10.1. The maximum absolute atomic E-state index is 12.5. The largest absolute Gasteiger partial charge is 0.480 e. The standard InChI is InChI=1S/C18H22N2O4/c1-3-4-8-14(18(23)24)19-16(21)13-7-5-6-9-15(13)20(2)17(22)12-10-11-12/h3,5-7,9,12,14H,1,4,8,10-11H2,2H3,(H,19,21)(H,23,24). The number of nitrogens with zero attached hydrogens (tertiary/aromatic N) is 1. The molecule has 2 N–H and O–H groups in total. The highest BCUT2D eigenvalue weighted by atomic mass is 16.4. The van der Waals surface area contributed by atoms with Crippen LogP contribution >= 0.6 is 0 Å². The number of hydrogen-bond acceptors (Lipinski definition) is 3. The van der Waals surface area contributed by atoms with Crippen LogP contribution < -0.4 is 10.2 Å². The maximum Gasteiger partial charge on any atom is 0.326 e. The van der Waals surface area contributed by atoms with Crippen LogP contribution in [0.4, 0.5) is 5.69 Å². The molecule has 1 fully saturated rings. The van der Waals surface area contributed by atoms with Gasteiger partial charge in [-0.05, 0) is 37.8 Å². The second-order valence-corrected chi connectivity index (χ2v) is 5.92. The molecule has 1 unspecified atom stereocenters. The molecule has 0 saturated heterocycles. The van der Waals surface area contributed by atoms with Gasteiger partial charge >= 0.3 is 5.97 Å². The van der Waals surface area contributed by atoms with Gasteiger partial charge in [0.1, 0.15) is 6.04 Å². The molecule has 0 heterocycles. The smallest absolute Gasteiger partial charge is 0.326 e. The van der Waals surface area contributed by atoms with Gasteiger partial charge in [0.2, 0.25) is 5.91 Å². The molecule has 24 heavy (non-hydrogen) atoms. The molecule has 6 heteroatoms. The van der Waals surface area contributed by atoms with E-state index in [-0.39, 0.29) is 18.2 Å². The van der Waals surface area contributed by atoms with Gasteiger partial charge in [0, 0.05) is 13.0 Å². The summed E-state index contributed by atoms with van der Waals surface area (Å²) in [5.41, 5.74) is 0.776. The fourth-order valence-electron chi connectivity index (χ4n) is 2.46. The first kappa shape index (κ1) is 17.7. The second kappa shape index (κ2) is 7.77. The summed E-state index contributed by atoms with van der Waals surface area (Å²) in [7, 11) is 1.64. The molecular weight excluding hydrogens is 308 g/mol. The van der Waals surface area contributed by atoms with Crippen LogP contribution in [0.2, 0.25) is 0 Å². The Labute approximate surface area is 141 Å². The minimum atomic E-state index is -1.09. The van der Waals surface area contributed by atoms with Crippen LogP contribution in [0.1, 0.15) is 36.0 Å². The zero-order valence-electron chi connectivity index (χ0n) is 13.7. The van der Waals surface area contributed by atoms with E-state index >= 15 is 0 Å². The number of carboxylic acids is 1. The van der Waals surface area contributed by atoms with Crippen molar-refractivity contribution in [2.24, 2.45) is 5.92 Å². The first-order valence-electron chi connectivity index (χ1n) is 7.97. The summed E-state index contributed by atoms with van der Waals surface area (Å²) in [6.45, 7) is 3.56. The van der Waals surface area contributed by atoms with E-state index in [4.69, 9.17) is 0 Å². The average Bonchev–Trinajstić information content (AvgIpc) is 3.41. The van der Waals surface area contributed by atoms with Crippen molar-refractivity contribution in [3.05, 3.63) is 42.5 Å². The van der Waals surface area contributed by atoms with Crippen molar-refractivity contribution in [2.75, 3.05) is 11.9 Å². The topological polar surface area (TPSA) is 86.7 Å². The van der Waals surface area contributed by atoms with Gasteiger partial charge in [-0.15, -0.1) is 6.58 Å². The molecule has 0 aromatic heterocycles. The fourth-order valence-corrected chi connectivity index (χ4v) is 2.46. The molecule has 1 atom stereocenters. The van der Waals surface area contributed by atoms with E-state index in [9.17, 15) is 19.5 Å². The van der Waals surface area contributed by atoms with Gasteiger partial charge < -0.3 is 15.3 Å². The molecule has 1 aromatic rings. The van der Waals surface area contributed by atoms with Gasteiger partial charge in [0.05, 0.1) is 11.3 Å². The normalized spacial score (nSPS) is 14.5. The summed E-state index contributed by atoms with van der Waals surface area (Å²) in [5.74, 6) is -1.58. The molecule has 0 radical (unpaired) electrons. The molecule has 1 aliphatic rings. The van der Waals surface area contributed by atoms with Gasteiger partial charge in [-0.1, -0.05) is 18.2 Å². The van der Waals surface area contributed by atoms with E-state index in [0.717, 1.165) is 12.8 Å². The molecule has 1 aromatic carbocycles. The number of anilines is 1. The molecule has 0 bridgehead atoms. The van der Waals surface area contributed by atoms with Gasteiger partial charge in [-0.25, -0.2) is 4.79 Å². The summed E-state index contributed by atoms with van der Waals surface area (Å²) >= 11 is 0. The Bertz CT molecular complexity index is 652. The van der Waals surface area contributed by atoms with Crippen LogP contribution in [0, 0.1) is 5.92 Å². The van der Waals surface area contributed by atoms with Crippen LogP contribution in [-0.2, 0) is 9.59 Å². The van der Waals surface area contributed by atoms with Crippen molar-refractivity contribution in [1.82, 2.24) is 5.32 Å². The number of benzene rings is 1. The van der Waals surface area contributed by atoms with E-state index in [1.807, 2.05) is 0 Å². The monoisotopic (exact) mass is 330 g/mol. The predicted octanol–water partition coefficient (Wildman–Crippen LogP) is 2.21. The summed E-state index contributed by atoms with van der Waals surface area (Å²) < 4.78 is 0. The molecule has 2 amide bonds. The Hall–Kier alpha value is -2.63. The number of rotatable bonds is 8. The lowest BCUT2D eigenvalue weighted by molar-refractivity contribution is -0.139. The van der Waals surface area contributed by atoms with Crippen molar-refractivity contribution in [3.8, 4) is 0 Å². The zero-order chi connectivity index (χ0) is 17.7. The number of carboxylic acid groups (broad SMARTS) is 1. The quantitative estimate of drug-likeness (QED) is 0.716. The number of aliphatic carboxylic acids is 1. The number of carbonyl (C=O) groups is 3. The summed E-state index contributed by atoms with van der Waals surface area (Å²) in [6.07, 6.45) is 4.11. The Morgan fingerprint density at radius 2 is 2.04 bits per heavy atom. The molecule has 6 nitrogen and oxygen atoms in total. The lowest BCUT2D eigenvalue weighted by Gasteiger charge is -2.21. The minimum absolute atomic E-state index is 0.0170. The van der Waals surface area contributed by atoms with Crippen molar-refractivity contribution in [2.45, 2.75) is 31.7 Å². The van der Waals surface area contributed by atoms with Crippen molar-refractivity contribution in [3.63, 3.8) is 0 Å². The summed E-state index contributed by atoms with van der Waals surface area (Å²) in [5, 5.41) is 11.8. The van der Waals surface area contributed by atoms with Crippen LogP contribution in [0.3, 0.4) is 0 Å². The Morgan fingerprint density at radius 3 is 2.62 bits per heavy atom. The Balaban J connectivity index is 2.17. The number of amides is 2. The number of nitrogens with one attached hydrogen (secondary N) is 1. The van der Waals surface area contributed by atoms with Crippen molar-refractivity contribution in [1.29, 1.82) is 0 Å². The number of para-hydroxylation sites is 1. The Morgan fingerprint density at radius 1 is 1.38 bits per heavy atom. The first-order valence-corrected chi connectivity index (χ1v) is 7.97. The molecule has 2 rings (SSSR count). The van der Waals surface area contributed by atoms with Crippen LogP contribution in [0.25, 0.3) is 0 Å². The summed E-state index contributed by atoms with van der Waals surface area (Å²) in [6, 6.07) is 5.72. The van der Waals surface area contributed by atoms with E-state index in [0.29, 0.717) is 17.7 Å². The van der Waals surface area contributed by atoms with Gasteiger partial charge in [0.25, 0.3) is 5.91 Å². The number of allylic oxidation sites excluding steroid dienone is 1. The van der Waals surface area contributed by atoms with E-state index < -0.39 is 17.9 Å². The SMILES string of the molecule is C=CCCC(NC(=O)c1ccccc1N(C)C(=O)C1CC1)C(=O)O. The third kappa shape index (κ3) is 4.22. The van der Waals surface area contributed by atoms with E-state index in [2.05, 4.69) is 11.9 Å². The molecule has 128 valence electrons. The van der Waals surface area contributed by atoms with E-state index in [1.165, 1.54) is 4.90 Å². The van der Waals surface area contributed by atoms with Gasteiger partial charge in [-0.2, -0.15) is 0 Å². The molecule has 0 spiro atoms. The van der Waals surface area contributed by atoms with Crippen molar-refractivity contribution >= 4 is 23.5 Å². The highest BCUT2D eigenvalue weighted by molar-refractivity contribution is 6.06. The third-order valence-electron chi connectivity index (χ3n) is 4.03. The van der Waals surface area contributed by atoms with Gasteiger partial charge in [0.15, 0.2) is 0 Å². The van der Waals surface area contributed by atoms with Gasteiger partial charge in [-0.3, -0.25) is 9.59 Å². The van der Waals surface area contributed by atoms with Crippen molar-refractivity contribution < 1.29 is 19.5 Å². The number of carbonyl (C=O) groups excluding carboxylic acids is 2. The molecule has 1 saturated carbocycles. The highest BCUT2D eigenvalue weighted by Crippen LogP contribution is 2.33. The number of hydrogen-bond donors (Lipinski definition) is 2. The third-order valence-corrected chi connectivity index (χ3v) is 4.03. The van der Waals surface area contributed by atoms with E-state index in [1.54, 1.807) is 37.4 Å². The predicted molar refractivity (Wildman–Crippen MR) is 90.9 cm³/mol. The lowest BCUT2D eigenvalue weighted by Crippen LogP contribution is -2.41. The zero-order valence-corrected chi connectivity index (χ0v) is 13.7. The highest BCUT2D eigenvalue weighted by Gasteiger charge is 2.33. The molecule has 0 aliphatic heterocycles. The van der Waals surface area contributed by atoms with Crippen LogP contribution in [-0.4, -0.2) is 36.0 Å². The summed E-state index contributed by atoms with van der Waals surface area (Å²) in [4.78, 5) is 37.5. The second-order valence-electron chi connectivity index (χ2n) is 5.92. The van der Waals surface area contributed by atoms with Crippen LogP contribution in [0.5, 0.6) is 0 Å². The molecular formula is C18H22N2O4. The molecule has 1 aliphatic carbocycles. The first-order chi connectivity index (χ1) is 11.5.